The molecule has 0 bridgehead atoms. The van der Waals surface area contributed by atoms with Gasteiger partial charge in [0.25, 0.3) is 5.89 Å². The fraction of sp³-hybridized carbons (Fsp3) is 0.615. The summed E-state index contributed by atoms with van der Waals surface area (Å²) in [6.45, 7) is 6.23. The largest absolute Gasteiger partial charge is 0.333 e. The molecule has 2 heterocycles. The Morgan fingerprint density at radius 3 is 2.84 bits per heavy atom. The molecule has 0 saturated carbocycles. The molecule has 0 aromatic carbocycles. The number of likely N-dealkylation sites (N-methyl/N-ethyl adjacent to an activating group) is 1. The summed E-state index contributed by atoms with van der Waals surface area (Å²) in [6, 6.07) is 0.337. The molecule has 0 saturated heterocycles. The van der Waals surface area contributed by atoms with Crippen molar-refractivity contribution in [3.63, 3.8) is 0 Å². The van der Waals surface area contributed by atoms with Gasteiger partial charge in [-0.25, -0.2) is 4.98 Å². The maximum Gasteiger partial charge on any atom is 0.269 e. The lowest BCUT2D eigenvalue weighted by Gasteiger charge is -2.04. The average molecular weight is 280 g/mol. The molecule has 19 heavy (non-hydrogen) atoms. The maximum absolute atomic E-state index is 5.35. The predicted octanol–water partition coefficient (Wildman–Crippen LogP) is 2.60. The minimum Gasteiger partial charge on any atom is -0.333 e. The number of thiazole rings is 1. The number of aromatic nitrogens is 3. The SMILES string of the molecule is CCCc1nc(C)c(-c2nc(CC(C)NC)no2)s1. The van der Waals surface area contributed by atoms with E-state index in [9.17, 15) is 0 Å². The van der Waals surface area contributed by atoms with E-state index in [1.54, 1.807) is 11.3 Å². The first-order valence-electron chi connectivity index (χ1n) is 6.60. The molecule has 5 nitrogen and oxygen atoms in total. The molecule has 0 spiro atoms. The number of nitrogens with one attached hydrogen (secondary N) is 1. The van der Waals surface area contributed by atoms with Gasteiger partial charge in [-0.05, 0) is 33.7 Å². The van der Waals surface area contributed by atoms with Gasteiger partial charge in [-0.15, -0.1) is 11.3 Å². The van der Waals surface area contributed by atoms with Crippen LogP contribution in [-0.4, -0.2) is 28.2 Å². The molecule has 0 aliphatic rings. The molecule has 2 aromatic rings. The zero-order valence-corrected chi connectivity index (χ0v) is 12.7. The first-order valence-corrected chi connectivity index (χ1v) is 7.42. The molecule has 6 heteroatoms. The molecule has 0 amide bonds. The first kappa shape index (κ1) is 14.1. The Bertz CT molecular complexity index is 534. The quantitative estimate of drug-likeness (QED) is 0.881. The molecule has 2 aromatic heterocycles. The van der Waals surface area contributed by atoms with Crippen LogP contribution in [0, 0.1) is 6.92 Å². The van der Waals surface area contributed by atoms with E-state index in [1.807, 2.05) is 14.0 Å². The summed E-state index contributed by atoms with van der Waals surface area (Å²) in [5.74, 6) is 1.33. The van der Waals surface area contributed by atoms with Crippen molar-refractivity contribution in [2.24, 2.45) is 0 Å². The molecule has 1 atom stereocenters. The number of nitrogens with zero attached hydrogens (tertiary/aromatic N) is 3. The molecule has 0 aliphatic carbocycles. The molecule has 0 radical (unpaired) electrons. The van der Waals surface area contributed by atoms with Gasteiger partial charge in [0.1, 0.15) is 4.88 Å². The van der Waals surface area contributed by atoms with Gasteiger partial charge in [0.15, 0.2) is 5.82 Å². The number of rotatable bonds is 6. The Morgan fingerprint density at radius 2 is 2.16 bits per heavy atom. The number of aryl methyl sites for hydroxylation is 2. The summed E-state index contributed by atoms with van der Waals surface area (Å²) in [7, 11) is 1.93. The van der Waals surface area contributed by atoms with Crippen LogP contribution >= 0.6 is 11.3 Å². The topological polar surface area (TPSA) is 63.8 Å². The molecular weight excluding hydrogens is 260 g/mol. The van der Waals surface area contributed by atoms with Crippen LogP contribution in [0.4, 0.5) is 0 Å². The number of hydrogen-bond acceptors (Lipinski definition) is 6. The van der Waals surface area contributed by atoms with Crippen molar-refractivity contribution in [2.75, 3.05) is 7.05 Å². The Labute approximate surface area is 117 Å². The highest BCUT2D eigenvalue weighted by atomic mass is 32.1. The third-order valence-corrected chi connectivity index (χ3v) is 4.15. The molecule has 1 unspecified atom stereocenters. The summed E-state index contributed by atoms with van der Waals surface area (Å²) in [5, 5.41) is 8.33. The van der Waals surface area contributed by atoms with Crippen LogP contribution in [0.3, 0.4) is 0 Å². The van der Waals surface area contributed by atoms with Crippen molar-refractivity contribution < 1.29 is 4.52 Å². The smallest absolute Gasteiger partial charge is 0.269 e. The standard InChI is InChI=1S/C13H20N4OS/c1-5-6-11-15-9(3)12(19-11)13-16-10(17-18-13)7-8(2)14-4/h8,14H,5-7H2,1-4H3. The lowest BCUT2D eigenvalue weighted by atomic mass is 10.2. The van der Waals surface area contributed by atoms with Gasteiger partial charge in [-0.3, -0.25) is 0 Å². The molecule has 104 valence electrons. The van der Waals surface area contributed by atoms with E-state index in [1.165, 1.54) is 0 Å². The predicted molar refractivity (Wildman–Crippen MR) is 76.4 cm³/mol. The van der Waals surface area contributed by atoms with Crippen LogP contribution in [0.25, 0.3) is 10.8 Å². The molecule has 0 fully saturated rings. The van der Waals surface area contributed by atoms with Crippen molar-refractivity contribution >= 4 is 11.3 Å². The summed E-state index contributed by atoms with van der Waals surface area (Å²) in [6.07, 6.45) is 2.87. The van der Waals surface area contributed by atoms with Crippen molar-refractivity contribution in [1.82, 2.24) is 20.4 Å². The van der Waals surface area contributed by atoms with E-state index in [0.717, 1.165) is 40.7 Å². The van der Waals surface area contributed by atoms with E-state index in [0.29, 0.717) is 11.9 Å². The van der Waals surface area contributed by atoms with Crippen LogP contribution in [0.2, 0.25) is 0 Å². The normalized spacial score (nSPS) is 12.8. The molecule has 1 N–H and O–H groups in total. The maximum atomic E-state index is 5.35. The summed E-state index contributed by atoms with van der Waals surface area (Å²) in [5.41, 5.74) is 0.977. The van der Waals surface area contributed by atoms with E-state index in [2.05, 4.69) is 34.3 Å². The lowest BCUT2D eigenvalue weighted by Crippen LogP contribution is -2.24. The second-order valence-electron chi connectivity index (χ2n) is 4.68. The minimum absolute atomic E-state index is 0.337. The molecule has 0 aliphatic heterocycles. The summed E-state index contributed by atoms with van der Waals surface area (Å²) < 4.78 is 5.35. The van der Waals surface area contributed by atoms with E-state index in [-0.39, 0.29) is 0 Å². The highest BCUT2D eigenvalue weighted by Gasteiger charge is 2.16. The van der Waals surface area contributed by atoms with Gasteiger partial charge in [0, 0.05) is 12.5 Å². The highest BCUT2D eigenvalue weighted by Crippen LogP contribution is 2.29. The van der Waals surface area contributed by atoms with Crippen LogP contribution in [0.15, 0.2) is 4.52 Å². The minimum atomic E-state index is 0.337. The van der Waals surface area contributed by atoms with Crippen LogP contribution in [0.1, 0.15) is 36.8 Å². The van der Waals surface area contributed by atoms with Crippen LogP contribution < -0.4 is 5.32 Å². The van der Waals surface area contributed by atoms with E-state index >= 15 is 0 Å². The average Bonchev–Trinajstić information content (AvgIpc) is 2.96. The monoisotopic (exact) mass is 280 g/mol. The van der Waals surface area contributed by atoms with Gasteiger partial charge in [-0.2, -0.15) is 4.98 Å². The van der Waals surface area contributed by atoms with Gasteiger partial charge in [0.05, 0.1) is 10.7 Å². The lowest BCUT2D eigenvalue weighted by molar-refractivity contribution is 0.418. The Morgan fingerprint density at radius 1 is 1.37 bits per heavy atom. The zero-order chi connectivity index (χ0) is 13.8. The second-order valence-corrected chi connectivity index (χ2v) is 5.77. The van der Waals surface area contributed by atoms with Crippen molar-refractivity contribution in [3.8, 4) is 10.8 Å². The van der Waals surface area contributed by atoms with Gasteiger partial charge >= 0.3 is 0 Å². The molecular formula is C13H20N4OS. The summed E-state index contributed by atoms with van der Waals surface area (Å²) in [4.78, 5) is 10.00. The van der Waals surface area contributed by atoms with Gasteiger partial charge in [-0.1, -0.05) is 12.1 Å². The van der Waals surface area contributed by atoms with Crippen LogP contribution in [0.5, 0.6) is 0 Å². The fourth-order valence-corrected chi connectivity index (χ4v) is 2.86. The third-order valence-electron chi connectivity index (χ3n) is 2.95. The van der Waals surface area contributed by atoms with Crippen molar-refractivity contribution in [2.45, 2.75) is 46.1 Å². The highest BCUT2D eigenvalue weighted by molar-refractivity contribution is 7.15. The number of hydrogen-bond donors (Lipinski definition) is 1. The fourth-order valence-electron chi connectivity index (χ4n) is 1.78. The van der Waals surface area contributed by atoms with E-state index in [4.69, 9.17) is 4.52 Å². The van der Waals surface area contributed by atoms with Crippen molar-refractivity contribution in [3.05, 3.63) is 16.5 Å². The Balaban J connectivity index is 2.17. The van der Waals surface area contributed by atoms with Gasteiger partial charge in [0.2, 0.25) is 0 Å². The first-order chi connectivity index (χ1) is 9.13. The molecule has 2 rings (SSSR count). The van der Waals surface area contributed by atoms with E-state index < -0.39 is 0 Å². The van der Waals surface area contributed by atoms with Gasteiger partial charge < -0.3 is 9.84 Å². The summed E-state index contributed by atoms with van der Waals surface area (Å²) >= 11 is 1.65. The van der Waals surface area contributed by atoms with Crippen LogP contribution in [-0.2, 0) is 12.8 Å². The Kier molecular flexibility index (Phi) is 4.66. The third kappa shape index (κ3) is 3.39. The Hall–Kier alpha value is -1.27. The zero-order valence-electron chi connectivity index (χ0n) is 11.9. The van der Waals surface area contributed by atoms with Crippen molar-refractivity contribution in [1.29, 1.82) is 0 Å². The second kappa shape index (κ2) is 6.25.